The first-order valence-corrected chi connectivity index (χ1v) is 7.40. The fourth-order valence-corrected chi connectivity index (χ4v) is 2.14. The largest absolute Gasteiger partial charge is 0.419 e. The number of hydrogen-bond donors (Lipinski definition) is 1. The van der Waals surface area contributed by atoms with Gasteiger partial charge in [0.05, 0.1) is 4.92 Å². The Morgan fingerprint density at radius 2 is 1.96 bits per heavy atom. The molecule has 0 saturated carbocycles. The van der Waals surface area contributed by atoms with Crippen LogP contribution in [0.1, 0.15) is 19.4 Å². The first kappa shape index (κ1) is 17.1. The lowest BCUT2D eigenvalue weighted by atomic mass is 10.2. The Kier molecular flexibility index (Phi) is 5.61. The van der Waals surface area contributed by atoms with E-state index < -0.39 is 10.6 Å². The van der Waals surface area contributed by atoms with Crippen LogP contribution in [-0.2, 0) is 0 Å². The number of nitro groups is 1. The van der Waals surface area contributed by atoms with Gasteiger partial charge in [0.15, 0.2) is 0 Å². The number of benzene rings is 1. The van der Waals surface area contributed by atoms with Crippen LogP contribution in [0.15, 0.2) is 35.7 Å². The van der Waals surface area contributed by atoms with Gasteiger partial charge < -0.3 is 21.0 Å². The van der Waals surface area contributed by atoms with Gasteiger partial charge in [-0.3, -0.25) is 15.2 Å². The highest BCUT2D eigenvalue weighted by Crippen LogP contribution is 2.32. The normalized spacial score (nSPS) is 10.8. The van der Waals surface area contributed by atoms with E-state index in [9.17, 15) is 10.1 Å². The summed E-state index contributed by atoms with van der Waals surface area (Å²) in [7, 11) is 0. The predicted molar refractivity (Wildman–Crippen MR) is 93.7 cm³/mol. The highest BCUT2D eigenvalue weighted by molar-refractivity contribution is 5.82. The molecule has 1 heterocycles. The molecular weight excluding hydrogens is 310 g/mol. The second-order valence-corrected chi connectivity index (χ2v) is 4.80. The summed E-state index contributed by atoms with van der Waals surface area (Å²) in [6.07, 6.45) is 2.60. The molecule has 0 radical (unpaired) electrons. The van der Waals surface area contributed by atoms with E-state index in [2.05, 4.69) is 39.2 Å². The van der Waals surface area contributed by atoms with Crippen molar-refractivity contribution >= 4 is 29.2 Å². The van der Waals surface area contributed by atoms with Crippen molar-refractivity contribution in [3.8, 4) is 0 Å². The molecule has 2 N–H and O–H groups in total. The molecule has 9 nitrogen and oxygen atoms in total. The maximum atomic E-state index is 11.0. The van der Waals surface area contributed by atoms with E-state index in [1.807, 2.05) is 24.3 Å². The fraction of sp³-hybridized carbons (Fsp3) is 0.267. The molecule has 1 aromatic heterocycles. The molecule has 2 rings (SSSR count). The molecule has 0 aliphatic heterocycles. The van der Waals surface area contributed by atoms with Gasteiger partial charge in [-0.1, -0.05) is 12.1 Å². The summed E-state index contributed by atoms with van der Waals surface area (Å²) in [4.78, 5) is 19.8. The number of anilines is 2. The average molecular weight is 328 g/mol. The van der Waals surface area contributed by atoms with E-state index in [1.54, 1.807) is 0 Å². The van der Waals surface area contributed by atoms with Crippen LogP contribution in [0.4, 0.5) is 23.0 Å². The zero-order valence-corrected chi connectivity index (χ0v) is 13.5. The van der Waals surface area contributed by atoms with Crippen LogP contribution in [0, 0.1) is 10.1 Å². The number of hydrogen-bond acceptors (Lipinski definition) is 7. The first-order chi connectivity index (χ1) is 11.6. The Bertz CT molecular complexity index is 727. The third-order valence-corrected chi connectivity index (χ3v) is 3.39. The lowest BCUT2D eigenvalue weighted by Gasteiger charge is -2.20. The first-order valence-electron chi connectivity index (χ1n) is 7.40. The number of rotatable bonds is 7. The van der Waals surface area contributed by atoms with Crippen LogP contribution >= 0.6 is 0 Å². The van der Waals surface area contributed by atoms with Crippen LogP contribution in [0.2, 0.25) is 0 Å². The number of nitrogens with zero attached hydrogens (tertiary/aromatic N) is 6. The molecule has 0 aliphatic rings. The molecule has 1 aromatic carbocycles. The smallest absolute Gasteiger partial charge is 0.311 e. The maximum absolute atomic E-state index is 11.0. The Balaban J connectivity index is 2.10. The molecular formula is C15H18N7O2-. The molecule has 0 aliphatic carbocycles. The van der Waals surface area contributed by atoms with E-state index >= 15 is 0 Å². The van der Waals surface area contributed by atoms with Gasteiger partial charge in [-0.2, -0.15) is 0 Å². The van der Waals surface area contributed by atoms with Crippen LogP contribution < -0.4 is 10.6 Å². The molecule has 9 heteroatoms. The van der Waals surface area contributed by atoms with Gasteiger partial charge in [-0.05, 0) is 31.5 Å². The summed E-state index contributed by atoms with van der Waals surface area (Å²) in [5.74, 6) is -0.420. The molecule has 0 bridgehead atoms. The van der Waals surface area contributed by atoms with Gasteiger partial charge in [0, 0.05) is 37.1 Å². The van der Waals surface area contributed by atoms with Crippen molar-refractivity contribution in [2.75, 3.05) is 23.7 Å². The fourth-order valence-electron chi connectivity index (χ4n) is 2.14. The van der Waals surface area contributed by atoms with Crippen molar-refractivity contribution in [2.45, 2.75) is 13.8 Å². The molecule has 0 fully saturated rings. The van der Waals surface area contributed by atoms with Crippen LogP contribution in [0.3, 0.4) is 0 Å². The third kappa shape index (κ3) is 3.94. The van der Waals surface area contributed by atoms with Crippen LogP contribution in [0.25, 0.3) is 5.43 Å². The number of nitrogen functional groups attached to an aromatic ring is 1. The van der Waals surface area contributed by atoms with Crippen LogP contribution in [0.5, 0.6) is 0 Å². The molecule has 0 unspecified atom stereocenters. The number of aromatic nitrogens is 2. The van der Waals surface area contributed by atoms with E-state index in [1.165, 1.54) is 6.21 Å². The molecule has 24 heavy (non-hydrogen) atoms. The van der Waals surface area contributed by atoms with E-state index in [0.29, 0.717) is 0 Å². The van der Waals surface area contributed by atoms with Gasteiger partial charge in [-0.15, -0.1) is 0 Å². The van der Waals surface area contributed by atoms with Crippen LogP contribution in [-0.4, -0.2) is 34.2 Å². The Labute approximate surface area is 139 Å². The van der Waals surface area contributed by atoms with E-state index in [4.69, 9.17) is 5.73 Å². The zero-order chi connectivity index (χ0) is 17.5. The molecule has 0 spiro atoms. The summed E-state index contributed by atoms with van der Waals surface area (Å²) in [6, 6.07) is 7.77. The molecule has 126 valence electrons. The lowest BCUT2D eigenvalue weighted by Crippen LogP contribution is -2.21. The van der Waals surface area contributed by atoms with Gasteiger partial charge in [0.1, 0.15) is 0 Å². The summed E-state index contributed by atoms with van der Waals surface area (Å²) in [5, 5.41) is 14.8. The molecule has 0 atom stereocenters. The topological polar surface area (TPSA) is 125 Å². The van der Waals surface area contributed by atoms with E-state index in [-0.39, 0.29) is 11.6 Å². The Morgan fingerprint density at radius 3 is 2.54 bits per heavy atom. The molecule has 0 saturated heterocycles. The van der Waals surface area contributed by atoms with Crippen molar-refractivity contribution in [3.63, 3.8) is 0 Å². The summed E-state index contributed by atoms with van der Waals surface area (Å²) in [6.45, 7) is 6.05. The average Bonchev–Trinajstić information content (AvgIpc) is 2.57. The Morgan fingerprint density at radius 1 is 1.29 bits per heavy atom. The summed E-state index contributed by atoms with van der Waals surface area (Å²) >= 11 is 0. The monoisotopic (exact) mass is 328 g/mol. The third-order valence-electron chi connectivity index (χ3n) is 3.39. The number of nitrogens with two attached hydrogens (primary N) is 1. The molecule has 2 aromatic rings. The minimum absolute atomic E-state index is 0.177. The second kappa shape index (κ2) is 7.86. The van der Waals surface area contributed by atoms with E-state index in [0.717, 1.165) is 30.7 Å². The standard InChI is InChI=1S/C15H18N7O2/c1-3-21(4-2)12-7-5-11(6-8-12)9-19-20-15-13(22(23)24)14(16)17-10-18-15/h5-10H,3-4H2,1-2H3,(H2-,16,17,18,20)/q-1/b19-9+. The van der Waals surface area contributed by atoms with Crippen molar-refractivity contribution in [1.82, 2.24) is 9.97 Å². The van der Waals surface area contributed by atoms with Crippen molar-refractivity contribution in [3.05, 3.63) is 51.7 Å². The molecule has 0 amide bonds. The van der Waals surface area contributed by atoms with Gasteiger partial charge in [0.2, 0.25) is 5.82 Å². The summed E-state index contributed by atoms with van der Waals surface area (Å²) < 4.78 is 0. The Hall–Kier alpha value is -3.23. The van der Waals surface area contributed by atoms with Crippen molar-refractivity contribution in [1.29, 1.82) is 0 Å². The highest BCUT2D eigenvalue weighted by Gasteiger charge is 2.14. The summed E-state index contributed by atoms with van der Waals surface area (Å²) in [5.41, 5.74) is 10.7. The minimum Gasteiger partial charge on any atom is -0.419 e. The SMILES string of the molecule is CCN(CC)c1ccc(/C=N/[N-]c2ncnc(N)c2[N+](=O)[O-])cc1. The van der Waals surface area contributed by atoms with Gasteiger partial charge in [0.25, 0.3) is 0 Å². The second-order valence-electron chi connectivity index (χ2n) is 4.80. The van der Waals surface area contributed by atoms with Crippen molar-refractivity contribution in [2.24, 2.45) is 5.10 Å². The highest BCUT2D eigenvalue weighted by atomic mass is 16.6. The zero-order valence-electron chi connectivity index (χ0n) is 13.5. The quantitative estimate of drug-likeness (QED) is 0.473. The minimum atomic E-state index is -0.678. The van der Waals surface area contributed by atoms with Gasteiger partial charge in [-0.25, -0.2) is 4.98 Å². The lowest BCUT2D eigenvalue weighted by molar-refractivity contribution is -0.383. The predicted octanol–water partition coefficient (Wildman–Crippen LogP) is 2.85. The van der Waals surface area contributed by atoms with Gasteiger partial charge >= 0.3 is 5.69 Å². The van der Waals surface area contributed by atoms with Crippen molar-refractivity contribution < 1.29 is 4.92 Å². The maximum Gasteiger partial charge on any atom is 0.311 e.